The fraction of sp³-hybridized carbons (Fsp3) is 0.500. The van der Waals surface area contributed by atoms with Gasteiger partial charge in [0.15, 0.2) is 0 Å². The molecule has 0 fully saturated rings. The van der Waals surface area contributed by atoms with E-state index in [4.69, 9.17) is 4.42 Å². The second-order valence-corrected chi connectivity index (χ2v) is 7.96. The van der Waals surface area contributed by atoms with Gasteiger partial charge in [0.25, 0.3) is 0 Å². The van der Waals surface area contributed by atoms with E-state index in [-0.39, 0.29) is 11.7 Å². The number of sulfonamides is 1. The molecule has 0 aliphatic carbocycles. The number of nitrogens with one attached hydrogen (secondary N) is 1. The van der Waals surface area contributed by atoms with Crippen LogP contribution in [0.25, 0.3) is 0 Å². The fourth-order valence-corrected chi connectivity index (χ4v) is 3.63. The topological polar surface area (TPSA) is 85.1 Å². The van der Waals surface area contributed by atoms with Gasteiger partial charge in [-0.1, -0.05) is 43.7 Å². The molecule has 0 saturated heterocycles. The Morgan fingerprint density at radius 2 is 1.78 bits per heavy atom. The molecule has 0 aliphatic heterocycles. The van der Waals surface area contributed by atoms with Crippen molar-refractivity contribution in [2.75, 3.05) is 0 Å². The summed E-state index contributed by atoms with van der Waals surface area (Å²) in [4.78, 5) is 0. The molecular weight excluding hydrogens is 314 g/mol. The Bertz CT molecular complexity index is 736. The van der Waals surface area contributed by atoms with Crippen molar-refractivity contribution >= 4 is 10.0 Å². The summed E-state index contributed by atoms with van der Waals surface area (Å²) in [6.45, 7) is 7.69. The van der Waals surface area contributed by atoms with Gasteiger partial charge in [-0.3, -0.25) is 0 Å². The molecule has 7 heteroatoms. The van der Waals surface area contributed by atoms with Gasteiger partial charge in [-0.2, -0.15) is 0 Å². The van der Waals surface area contributed by atoms with Crippen molar-refractivity contribution in [2.24, 2.45) is 5.92 Å². The number of rotatable bonds is 7. The first-order valence-electron chi connectivity index (χ1n) is 7.61. The molecule has 2 rings (SSSR count). The minimum atomic E-state index is -3.51. The first-order valence-corrected chi connectivity index (χ1v) is 9.26. The van der Waals surface area contributed by atoms with E-state index in [0.717, 1.165) is 11.1 Å². The molecule has 1 heterocycles. The minimum Gasteiger partial charge on any atom is -0.424 e. The van der Waals surface area contributed by atoms with Crippen molar-refractivity contribution in [1.82, 2.24) is 14.9 Å². The van der Waals surface area contributed by atoms with E-state index in [0.29, 0.717) is 18.2 Å². The minimum absolute atomic E-state index is 0.0744. The Balaban J connectivity index is 2.15. The number of hydrogen-bond donors (Lipinski definition) is 1. The van der Waals surface area contributed by atoms with Crippen LogP contribution in [0.5, 0.6) is 0 Å². The number of aromatic nitrogens is 2. The lowest BCUT2D eigenvalue weighted by atomic mass is 10.0. The summed E-state index contributed by atoms with van der Waals surface area (Å²) in [5.74, 6) is 0.944. The molecule has 0 amide bonds. The zero-order chi connectivity index (χ0) is 17.0. The van der Waals surface area contributed by atoms with Crippen LogP contribution in [0.2, 0.25) is 0 Å². The quantitative estimate of drug-likeness (QED) is 0.839. The second kappa shape index (κ2) is 7.23. The molecule has 0 radical (unpaired) electrons. The molecule has 126 valence electrons. The van der Waals surface area contributed by atoms with Crippen LogP contribution < -0.4 is 4.72 Å². The second-order valence-electron chi connectivity index (χ2n) is 6.20. The molecule has 1 atom stereocenters. The van der Waals surface area contributed by atoms with Gasteiger partial charge in [0.05, 0.1) is 5.75 Å². The van der Waals surface area contributed by atoms with Crippen molar-refractivity contribution in [3.05, 3.63) is 47.2 Å². The highest BCUT2D eigenvalue weighted by Gasteiger charge is 2.25. The van der Waals surface area contributed by atoms with Crippen LogP contribution in [-0.4, -0.2) is 18.6 Å². The maximum absolute atomic E-state index is 12.5. The van der Waals surface area contributed by atoms with Crippen LogP contribution in [0.1, 0.15) is 49.2 Å². The van der Waals surface area contributed by atoms with E-state index in [1.54, 1.807) is 6.92 Å². The lowest BCUT2D eigenvalue weighted by Crippen LogP contribution is -2.31. The van der Waals surface area contributed by atoms with Crippen LogP contribution in [0.15, 0.2) is 28.7 Å². The lowest BCUT2D eigenvalue weighted by Gasteiger charge is -2.17. The number of aryl methyl sites for hydroxylation is 2. The van der Waals surface area contributed by atoms with E-state index in [1.165, 1.54) is 0 Å². The highest BCUT2D eigenvalue weighted by atomic mass is 32.2. The molecule has 0 saturated carbocycles. The highest BCUT2D eigenvalue weighted by molar-refractivity contribution is 7.88. The van der Waals surface area contributed by atoms with Crippen molar-refractivity contribution < 1.29 is 12.8 Å². The largest absolute Gasteiger partial charge is 0.424 e. The molecule has 6 nitrogen and oxygen atoms in total. The van der Waals surface area contributed by atoms with Crippen molar-refractivity contribution in [2.45, 2.75) is 45.9 Å². The first kappa shape index (κ1) is 17.6. The van der Waals surface area contributed by atoms with E-state index < -0.39 is 16.1 Å². The SMILES string of the molecule is Cc1ccc(CS(=O)(=O)NC(CC(C)C)c2nnc(C)o2)cc1. The molecule has 0 bridgehead atoms. The van der Waals surface area contributed by atoms with Gasteiger partial charge in [0, 0.05) is 6.92 Å². The predicted molar refractivity (Wildman–Crippen MR) is 88.2 cm³/mol. The average molecular weight is 337 g/mol. The Morgan fingerprint density at radius 1 is 1.13 bits per heavy atom. The smallest absolute Gasteiger partial charge is 0.234 e. The van der Waals surface area contributed by atoms with Crippen molar-refractivity contribution in [1.29, 1.82) is 0 Å². The molecule has 23 heavy (non-hydrogen) atoms. The van der Waals surface area contributed by atoms with Gasteiger partial charge >= 0.3 is 0 Å². The molecule has 1 unspecified atom stereocenters. The highest BCUT2D eigenvalue weighted by Crippen LogP contribution is 2.22. The van der Waals surface area contributed by atoms with Crippen LogP contribution >= 0.6 is 0 Å². The lowest BCUT2D eigenvalue weighted by molar-refractivity contribution is 0.372. The van der Waals surface area contributed by atoms with E-state index in [1.807, 2.05) is 45.0 Å². The molecule has 0 aliphatic rings. The van der Waals surface area contributed by atoms with Crippen LogP contribution in [0.3, 0.4) is 0 Å². The maximum Gasteiger partial charge on any atom is 0.234 e. The summed E-state index contributed by atoms with van der Waals surface area (Å²) in [6, 6.07) is 6.94. The molecule has 1 N–H and O–H groups in total. The van der Waals surface area contributed by atoms with Crippen LogP contribution in [0, 0.1) is 19.8 Å². The summed E-state index contributed by atoms with van der Waals surface area (Å²) >= 11 is 0. The molecule has 0 spiro atoms. The van der Waals surface area contributed by atoms with Gasteiger partial charge in [0.2, 0.25) is 21.8 Å². The van der Waals surface area contributed by atoms with Gasteiger partial charge in [-0.15, -0.1) is 10.2 Å². The molecule has 1 aromatic carbocycles. The number of hydrogen-bond acceptors (Lipinski definition) is 5. The monoisotopic (exact) mass is 337 g/mol. The molecule has 1 aromatic heterocycles. The van der Waals surface area contributed by atoms with Crippen molar-refractivity contribution in [3.8, 4) is 0 Å². The van der Waals surface area contributed by atoms with E-state index in [9.17, 15) is 8.42 Å². The van der Waals surface area contributed by atoms with Gasteiger partial charge < -0.3 is 4.42 Å². The van der Waals surface area contributed by atoms with Gasteiger partial charge in [-0.25, -0.2) is 13.1 Å². The summed E-state index contributed by atoms with van der Waals surface area (Å²) < 4.78 is 33.0. The zero-order valence-corrected chi connectivity index (χ0v) is 14.7. The Morgan fingerprint density at radius 3 is 2.30 bits per heavy atom. The average Bonchev–Trinajstić information content (AvgIpc) is 2.86. The van der Waals surface area contributed by atoms with E-state index >= 15 is 0 Å². The number of nitrogens with zero attached hydrogens (tertiary/aromatic N) is 2. The van der Waals surface area contributed by atoms with Crippen molar-refractivity contribution in [3.63, 3.8) is 0 Å². The van der Waals surface area contributed by atoms with E-state index in [2.05, 4.69) is 14.9 Å². The van der Waals surface area contributed by atoms with Crippen LogP contribution in [-0.2, 0) is 15.8 Å². The summed E-state index contributed by atoms with van der Waals surface area (Å²) in [5, 5.41) is 7.75. The summed E-state index contributed by atoms with van der Waals surface area (Å²) in [7, 11) is -3.51. The third kappa shape index (κ3) is 5.44. The normalized spacial score (nSPS) is 13.4. The summed E-state index contributed by atoms with van der Waals surface area (Å²) in [6.07, 6.45) is 0.592. The number of benzene rings is 1. The predicted octanol–water partition coefficient (Wildman–Crippen LogP) is 2.89. The fourth-order valence-electron chi connectivity index (χ4n) is 2.29. The molecular formula is C16H23N3O3S. The molecule has 2 aromatic rings. The zero-order valence-electron chi connectivity index (χ0n) is 13.9. The third-order valence-corrected chi connectivity index (χ3v) is 4.70. The van der Waals surface area contributed by atoms with Gasteiger partial charge in [0.1, 0.15) is 6.04 Å². The maximum atomic E-state index is 12.5. The Kier molecular flexibility index (Phi) is 5.54. The standard InChI is InChI=1S/C16H23N3O3S/c1-11(2)9-15(16-18-17-13(4)22-16)19-23(20,21)10-14-7-5-12(3)6-8-14/h5-8,11,15,19H,9-10H2,1-4H3. The Labute approximate surface area is 137 Å². The third-order valence-electron chi connectivity index (χ3n) is 3.35. The first-order chi connectivity index (χ1) is 10.7. The summed E-state index contributed by atoms with van der Waals surface area (Å²) in [5.41, 5.74) is 1.84. The van der Waals surface area contributed by atoms with Crippen LogP contribution in [0.4, 0.5) is 0 Å². The van der Waals surface area contributed by atoms with Gasteiger partial charge in [-0.05, 0) is 24.8 Å². The Hall–Kier alpha value is -1.73.